The first kappa shape index (κ1) is 12.8. The van der Waals surface area contributed by atoms with Crippen molar-refractivity contribution >= 4 is 5.91 Å². The van der Waals surface area contributed by atoms with Gasteiger partial charge in [0.2, 0.25) is 5.91 Å². The zero-order valence-electron chi connectivity index (χ0n) is 9.03. The first-order chi connectivity index (χ1) is 6.47. The molecule has 0 saturated heterocycles. The van der Waals surface area contributed by atoms with Crippen LogP contribution in [-0.4, -0.2) is 23.5 Å². The highest BCUT2D eigenvalue weighted by atomic mass is 16.1. The minimum absolute atomic E-state index is 0.0358. The molecule has 14 heavy (non-hydrogen) atoms. The zero-order chi connectivity index (χ0) is 11.1. The minimum atomic E-state index is -0.0474. The number of hydrogen-bond donors (Lipinski definition) is 3. The molecular weight excluding hydrogens is 180 g/mol. The summed E-state index contributed by atoms with van der Waals surface area (Å²) in [6.45, 7) is 6.10. The van der Waals surface area contributed by atoms with Crippen LogP contribution < -0.4 is 16.9 Å². The molecule has 0 aromatic heterocycles. The summed E-state index contributed by atoms with van der Waals surface area (Å²) in [4.78, 5) is 10.9. The number of carbonyl (C=O) groups is 1. The first-order valence-electron chi connectivity index (χ1n) is 4.64. The molecule has 0 spiro atoms. The van der Waals surface area contributed by atoms with Gasteiger partial charge in [-0.2, -0.15) is 0 Å². The summed E-state index contributed by atoms with van der Waals surface area (Å²) in [5.41, 5.74) is 5.19. The van der Waals surface area contributed by atoms with Gasteiger partial charge in [0.1, 0.15) is 0 Å². The summed E-state index contributed by atoms with van der Waals surface area (Å²) in [5, 5.41) is 4.29. The summed E-state index contributed by atoms with van der Waals surface area (Å²) in [6.07, 6.45) is 2.93. The molecule has 5 heteroatoms. The van der Waals surface area contributed by atoms with E-state index in [1.165, 1.54) is 18.1 Å². The van der Waals surface area contributed by atoms with E-state index in [-0.39, 0.29) is 11.9 Å². The van der Waals surface area contributed by atoms with E-state index in [1.807, 2.05) is 13.8 Å². The molecule has 0 rings (SSSR count). The van der Waals surface area contributed by atoms with Crippen molar-refractivity contribution in [3.8, 4) is 0 Å². The van der Waals surface area contributed by atoms with Crippen LogP contribution in [0.1, 0.15) is 20.8 Å². The summed E-state index contributed by atoms with van der Waals surface area (Å²) in [6, 6.07) is 0.0358. The molecule has 0 aliphatic carbocycles. The van der Waals surface area contributed by atoms with E-state index in [0.717, 1.165) is 0 Å². The highest BCUT2D eigenvalue weighted by Gasteiger charge is 2.15. The summed E-state index contributed by atoms with van der Waals surface area (Å²) in [5.74, 6) is 5.90. The Labute approximate surface area is 85.1 Å². The Balaban J connectivity index is 4.15. The minimum Gasteiger partial charge on any atom is -0.403 e. The number of hydrogen-bond acceptors (Lipinski definition) is 4. The van der Waals surface area contributed by atoms with E-state index in [1.54, 1.807) is 6.20 Å². The molecule has 0 bridgehead atoms. The van der Waals surface area contributed by atoms with Gasteiger partial charge >= 0.3 is 0 Å². The van der Waals surface area contributed by atoms with Gasteiger partial charge in [-0.05, 0) is 5.92 Å². The number of amides is 1. The highest BCUT2D eigenvalue weighted by molar-refractivity contribution is 5.73. The van der Waals surface area contributed by atoms with Crippen molar-refractivity contribution in [2.45, 2.75) is 26.8 Å². The third-order valence-corrected chi connectivity index (χ3v) is 1.88. The normalized spacial score (nSPS) is 13.2. The monoisotopic (exact) mass is 200 g/mol. The van der Waals surface area contributed by atoms with E-state index in [4.69, 9.17) is 11.6 Å². The van der Waals surface area contributed by atoms with Crippen LogP contribution in [0.4, 0.5) is 0 Å². The van der Waals surface area contributed by atoms with Gasteiger partial charge in [-0.15, -0.1) is 0 Å². The first-order valence-corrected chi connectivity index (χ1v) is 4.64. The molecular formula is C9H20N4O. The number of nitrogens with one attached hydrogen (secondary N) is 1. The Morgan fingerprint density at radius 3 is 2.50 bits per heavy atom. The van der Waals surface area contributed by atoms with Crippen molar-refractivity contribution < 1.29 is 4.79 Å². The third-order valence-electron chi connectivity index (χ3n) is 1.88. The Morgan fingerprint density at radius 2 is 2.14 bits per heavy atom. The lowest BCUT2D eigenvalue weighted by Crippen LogP contribution is -2.46. The Hall–Kier alpha value is -1.23. The summed E-state index contributed by atoms with van der Waals surface area (Å²) in [7, 11) is 0. The Kier molecular flexibility index (Phi) is 5.71. The average molecular weight is 200 g/mol. The largest absolute Gasteiger partial charge is 0.403 e. The number of rotatable bonds is 5. The van der Waals surface area contributed by atoms with Gasteiger partial charge in [0.05, 0.1) is 12.6 Å². The van der Waals surface area contributed by atoms with Crippen LogP contribution in [0, 0.1) is 5.92 Å². The van der Waals surface area contributed by atoms with Crippen LogP contribution in [0.2, 0.25) is 0 Å². The molecule has 5 nitrogen and oxygen atoms in total. The summed E-state index contributed by atoms with van der Waals surface area (Å²) >= 11 is 0. The van der Waals surface area contributed by atoms with Gasteiger partial charge in [0, 0.05) is 19.3 Å². The van der Waals surface area contributed by atoms with E-state index in [0.29, 0.717) is 12.5 Å². The Bertz CT molecular complexity index is 203. The van der Waals surface area contributed by atoms with E-state index < -0.39 is 0 Å². The molecule has 0 aliphatic rings. The van der Waals surface area contributed by atoms with Crippen LogP contribution in [-0.2, 0) is 4.79 Å². The van der Waals surface area contributed by atoms with Crippen LogP contribution in [0.25, 0.3) is 0 Å². The van der Waals surface area contributed by atoms with Crippen LogP contribution in [0.5, 0.6) is 0 Å². The maximum absolute atomic E-state index is 10.9. The van der Waals surface area contributed by atoms with Crippen molar-refractivity contribution in [1.82, 2.24) is 10.3 Å². The molecule has 0 aromatic carbocycles. The molecule has 1 unspecified atom stereocenters. The molecule has 0 fully saturated rings. The van der Waals surface area contributed by atoms with Crippen LogP contribution in [0.15, 0.2) is 12.4 Å². The maximum atomic E-state index is 10.9. The fourth-order valence-electron chi connectivity index (χ4n) is 1.08. The topological polar surface area (TPSA) is 84.4 Å². The Morgan fingerprint density at radius 1 is 1.57 bits per heavy atom. The fourth-order valence-corrected chi connectivity index (χ4v) is 1.08. The average Bonchev–Trinajstić information content (AvgIpc) is 2.02. The van der Waals surface area contributed by atoms with Crippen LogP contribution >= 0.6 is 0 Å². The maximum Gasteiger partial charge on any atom is 0.217 e. The van der Waals surface area contributed by atoms with Crippen molar-refractivity contribution in [3.63, 3.8) is 0 Å². The second-order valence-electron chi connectivity index (χ2n) is 3.59. The van der Waals surface area contributed by atoms with E-state index >= 15 is 0 Å². The van der Waals surface area contributed by atoms with Gasteiger partial charge in [-0.1, -0.05) is 13.8 Å². The number of nitrogens with zero attached hydrogens (tertiary/aromatic N) is 1. The number of nitrogens with two attached hydrogens (primary N) is 2. The molecule has 0 saturated carbocycles. The predicted octanol–water partition coefficient (Wildman–Crippen LogP) is -0.247. The fraction of sp³-hybridized carbons (Fsp3) is 0.667. The van der Waals surface area contributed by atoms with Gasteiger partial charge in [-0.25, -0.2) is 5.84 Å². The molecule has 0 aromatic rings. The molecule has 0 aliphatic heterocycles. The lowest BCUT2D eigenvalue weighted by atomic mass is 10.0. The van der Waals surface area contributed by atoms with E-state index in [9.17, 15) is 4.79 Å². The van der Waals surface area contributed by atoms with Gasteiger partial charge in [0.25, 0.3) is 0 Å². The van der Waals surface area contributed by atoms with Crippen molar-refractivity contribution in [1.29, 1.82) is 0 Å². The summed E-state index contributed by atoms with van der Waals surface area (Å²) < 4.78 is 0. The van der Waals surface area contributed by atoms with Crippen molar-refractivity contribution in [3.05, 3.63) is 12.4 Å². The number of carbonyl (C=O) groups excluding carboxylic acids is 1. The SMILES string of the molecule is CC(=O)NC(CN(N)/C=C\N)C(C)C. The molecule has 0 radical (unpaired) electrons. The molecule has 1 atom stereocenters. The molecule has 1 amide bonds. The quantitative estimate of drug-likeness (QED) is 0.422. The van der Waals surface area contributed by atoms with Crippen molar-refractivity contribution in [2.75, 3.05) is 6.54 Å². The van der Waals surface area contributed by atoms with Crippen LogP contribution in [0.3, 0.4) is 0 Å². The lowest BCUT2D eigenvalue weighted by Gasteiger charge is -2.25. The van der Waals surface area contributed by atoms with E-state index in [2.05, 4.69) is 5.32 Å². The standard InChI is InChI=1S/C9H20N4O/c1-7(2)9(12-8(3)14)6-13(11)5-4-10/h4-5,7,9H,6,10-11H2,1-3H3,(H,12,14)/b5-4-. The molecule has 0 heterocycles. The van der Waals surface area contributed by atoms with Gasteiger partial charge in [0.15, 0.2) is 0 Å². The predicted molar refractivity (Wildman–Crippen MR) is 56.7 cm³/mol. The highest BCUT2D eigenvalue weighted by Crippen LogP contribution is 2.02. The third kappa shape index (κ3) is 5.42. The lowest BCUT2D eigenvalue weighted by molar-refractivity contribution is -0.120. The molecule has 82 valence electrons. The zero-order valence-corrected chi connectivity index (χ0v) is 9.03. The molecule has 5 N–H and O–H groups in total. The second kappa shape index (κ2) is 6.26. The van der Waals surface area contributed by atoms with Gasteiger partial charge in [-0.3, -0.25) is 4.79 Å². The second-order valence-corrected chi connectivity index (χ2v) is 3.59. The van der Waals surface area contributed by atoms with Crippen molar-refractivity contribution in [2.24, 2.45) is 17.5 Å². The smallest absolute Gasteiger partial charge is 0.217 e. The number of hydrazine groups is 1. The van der Waals surface area contributed by atoms with Gasteiger partial charge < -0.3 is 16.1 Å².